The van der Waals surface area contributed by atoms with Crippen LogP contribution in [-0.2, 0) is 17.8 Å². The van der Waals surface area contributed by atoms with Crippen molar-refractivity contribution in [2.24, 2.45) is 0 Å². The number of hydrogen-bond donors (Lipinski definition) is 1. The van der Waals surface area contributed by atoms with Crippen molar-refractivity contribution in [1.82, 2.24) is 19.7 Å². The molecule has 0 aliphatic heterocycles. The number of benzene rings is 1. The van der Waals surface area contributed by atoms with Crippen molar-refractivity contribution < 1.29 is 9.21 Å². The van der Waals surface area contributed by atoms with Crippen molar-refractivity contribution in [3.8, 4) is 11.6 Å². The monoisotopic (exact) mass is 505 g/mol. The molecule has 0 aliphatic carbocycles. The summed E-state index contributed by atoms with van der Waals surface area (Å²) in [4.78, 5) is 17.7. The minimum absolute atomic E-state index is 0.155. The number of carbonyl (C=O) groups is 1. The molecule has 0 bridgehead atoms. The average molecular weight is 506 g/mol. The molecule has 7 nitrogen and oxygen atoms in total. The molecule has 0 saturated heterocycles. The van der Waals surface area contributed by atoms with E-state index in [1.165, 1.54) is 23.1 Å². The number of carbonyl (C=O) groups excluding carboxylic acids is 1. The Kier molecular flexibility index (Phi) is 7.31. The van der Waals surface area contributed by atoms with E-state index in [0.29, 0.717) is 44.9 Å². The number of halogens is 2. The highest BCUT2D eigenvalue weighted by molar-refractivity contribution is 7.99. The SMILES string of the molecule is C=CCn1c(SCC(=O)Nc2ncc(Cc3cc(Cl)ccc3Cl)s2)nnc1-c1ccco1. The second kappa shape index (κ2) is 10.4. The molecule has 11 heteroatoms. The van der Waals surface area contributed by atoms with E-state index in [-0.39, 0.29) is 11.7 Å². The fraction of sp³-hybridized carbons (Fsp3) is 0.143. The molecule has 0 saturated carbocycles. The maximum atomic E-state index is 12.5. The summed E-state index contributed by atoms with van der Waals surface area (Å²) in [6, 6.07) is 8.93. The predicted octanol–water partition coefficient (Wildman–Crippen LogP) is 5.81. The number of amides is 1. The van der Waals surface area contributed by atoms with Gasteiger partial charge in [0.15, 0.2) is 16.0 Å². The van der Waals surface area contributed by atoms with Gasteiger partial charge in [0.25, 0.3) is 0 Å². The molecule has 1 amide bonds. The quantitative estimate of drug-likeness (QED) is 0.228. The summed E-state index contributed by atoms with van der Waals surface area (Å²) in [6.45, 7) is 4.27. The van der Waals surface area contributed by atoms with Crippen LogP contribution in [0.4, 0.5) is 5.13 Å². The molecule has 3 heterocycles. The number of rotatable bonds is 9. The molecule has 0 radical (unpaired) electrons. The van der Waals surface area contributed by atoms with Crippen LogP contribution in [0.5, 0.6) is 0 Å². The summed E-state index contributed by atoms with van der Waals surface area (Å²) in [5, 5.41) is 13.6. The number of aromatic nitrogens is 4. The van der Waals surface area contributed by atoms with Gasteiger partial charge in [0.05, 0.1) is 12.0 Å². The summed E-state index contributed by atoms with van der Waals surface area (Å²) in [5.41, 5.74) is 0.908. The molecule has 32 heavy (non-hydrogen) atoms. The third-order valence-corrected chi connectivity index (χ3v) is 6.76. The average Bonchev–Trinajstić information content (AvgIpc) is 3.51. The summed E-state index contributed by atoms with van der Waals surface area (Å²) >= 11 is 15.0. The predicted molar refractivity (Wildman–Crippen MR) is 129 cm³/mol. The number of thioether (sulfide) groups is 1. The highest BCUT2D eigenvalue weighted by Gasteiger charge is 2.17. The van der Waals surface area contributed by atoms with Crippen LogP contribution in [0.2, 0.25) is 10.0 Å². The first-order valence-corrected chi connectivity index (χ1v) is 12.0. The van der Waals surface area contributed by atoms with Gasteiger partial charge in [-0.2, -0.15) is 0 Å². The molecule has 0 atom stereocenters. The van der Waals surface area contributed by atoms with E-state index in [2.05, 4.69) is 27.1 Å². The maximum absolute atomic E-state index is 12.5. The van der Waals surface area contributed by atoms with Crippen LogP contribution in [0.15, 0.2) is 65.0 Å². The third kappa shape index (κ3) is 5.42. The van der Waals surface area contributed by atoms with E-state index in [0.717, 1.165) is 10.4 Å². The number of nitrogens with one attached hydrogen (secondary N) is 1. The summed E-state index contributed by atoms with van der Waals surface area (Å²) in [5.74, 6) is 1.15. The van der Waals surface area contributed by atoms with E-state index < -0.39 is 0 Å². The minimum atomic E-state index is -0.190. The zero-order chi connectivity index (χ0) is 22.5. The van der Waals surface area contributed by atoms with Gasteiger partial charge in [-0.05, 0) is 35.9 Å². The van der Waals surface area contributed by atoms with Gasteiger partial charge in [-0.15, -0.1) is 28.1 Å². The number of furan rings is 1. The highest BCUT2D eigenvalue weighted by Crippen LogP contribution is 2.28. The molecule has 3 aromatic heterocycles. The normalized spacial score (nSPS) is 10.9. The van der Waals surface area contributed by atoms with Gasteiger partial charge in [0.2, 0.25) is 11.7 Å². The van der Waals surface area contributed by atoms with E-state index in [4.69, 9.17) is 27.6 Å². The molecule has 1 N–H and O–H groups in total. The topological polar surface area (TPSA) is 85.8 Å². The van der Waals surface area contributed by atoms with Crippen LogP contribution in [0.3, 0.4) is 0 Å². The number of allylic oxidation sites excluding steroid dienone is 1. The number of nitrogens with zero attached hydrogens (tertiary/aromatic N) is 4. The molecular formula is C21H17Cl2N5O2S2. The lowest BCUT2D eigenvalue weighted by Crippen LogP contribution is -2.14. The number of anilines is 1. The van der Waals surface area contributed by atoms with Crippen LogP contribution in [-0.4, -0.2) is 31.4 Å². The zero-order valence-corrected chi connectivity index (χ0v) is 19.8. The lowest BCUT2D eigenvalue weighted by molar-refractivity contribution is -0.113. The summed E-state index contributed by atoms with van der Waals surface area (Å²) in [7, 11) is 0. The Bertz CT molecular complexity index is 1240. The van der Waals surface area contributed by atoms with E-state index in [9.17, 15) is 4.79 Å². The Hall–Kier alpha value is -2.59. The van der Waals surface area contributed by atoms with Crippen molar-refractivity contribution in [3.63, 3.8) is 0 Å². The van der Waals surface area contributed by atoms with Crippen molar-refractivity contribution >= 4 is 57.3 Å². The largest absolute Gasteiger partial charge is 0.461 e. The standard InChI is InChI=1S/C21H17Cl2N5O2S2/c1-2-7-28-19(17-4-3-8-30-17)26-27-21(28)31-12-18(29)25-20-24-11-15(32-20)10-13-9-14(22)5-6-16(13)23/h2-6,8-9,11H,1,7,10,12H2,(H,24,25,29). The van der Waals surface area contributed by atoms with Gasteiger partial charge in [-0.3, -0.25) is 9.36 Å². The molecule has 1 aromatic carbocycles. The van der Waals surface area contributed by atoms with Gasteiger partial charge in [0, 0.05) is 34.1 Å². The van der Waals surface area contributed by atoms with Crippen LogP contribution in [0.25, 0.3) is 11.6 Å². The molecule has 0 spiro atoms. The van der Waals surface area contributed by atoms with E-state index in [1.807, 2.05) is 10.6 Å². The van der Waals surface area contributed by atoms with Gasteiger partial charge in [-0.25, -0.2) is 4.98 Å². The lowest BCUT2D eigenvalue weighted by Gasteiger charge is -2.06. The Morgan fingerprint density at radius 2 is 2.19 bits per heavy atom. The Morgan fingerprint density at radius 3 is 2.97 bits per heavy atom. The van der Waals surface area contributed by atoms with Crippen molar-refractivity contribution in [2.45, 2.75) is 18.1 Å². The summed E-state index contributed by atoms with van der Waals surface area (Å²) < 4.78 is 7.26. The third-order valence-electron chi connectivity index (χ3n) is 4.27. The van der Waals surface area contributed by atoms with Crippen LogP contribution in [0.1, 0.15) is 10.4 Å². The van der Waals surface area contributed by atoms with Gasteiger partial charge < -0.3 is 9.73 Å². The van der Waals surface area contributed by atoms with E-state index >= 15 is 0 Å². The number of thiazole rings is 1. The molecule has 0 aliphatic rings. The lowest BCUT2D eigenvalue weighted by atomic mass is 10.1. The Balaban J connectivity index is 1.37. The zero-order valence-electron chi connectivity index (χ0n) is 16.6. The Morgan fingerprint density at radius 1 is 1.31 bits per heavy atom. The molecule has 0 fully saturated rings. The molecular weight excluding hydrogens is 489 g/mol. The second-order valence-corrected chi connectivity index (χ2v) is 9.47. The van der Waals surface area contributed by atoms with Crippen LogP contribution >= 0.6 is 46.3 Å². The van der Waals surface area contributed by atoms with Crippen molar-refractivity contribution in [3.05, 3.63) is 75.9 Å². The fourth-order valence-corrected chi connectivity index (χ4v) is 4.85. The molecule has 0 unspecified atom stereocenters. The van der Waals surface area contributed by atoms with Crippen molar-refractivity contribution in [1.29, 1.82) is 0 Å². The van der Waals surface area contributed by atoms with Gasteiger partial charge in [-0.1, -0.05) is 41.0 Å². The van der Waals surface area contributed by atoms with Crippen LogP contribution < -0.4 is 5.32 Å². The Labute approximate surface area is 202 Å². The molecule has 164 valence electrons. The number of hydrogen-bond acceptors (Lipinski definition) is 7. The first kappa shape index (κ1) is 22.6. The van der Waals surface area contributed by atoms with Gasteiger partial charge in [0.1, 0.15) is 0 Å². The summed E-state index contributed by atoms with van der Waals surface area (Å²) in [6.07, 6.45) is 5.62. The van der Waals surface area contributed by atoms with Gasteiger partial charge >= 0.3 is 0 Å². The first-order chi connectivity index (χ1) is 15.5. The minimum Gasteiger partial charge on any atom is -0.461 e. The molecule has 4 aromatic rings. The second-order valence-electron chi connectivity index (χ2n) is 6.56. The highest BCUT2D eigenvalue weighted by atomic mass is 35.5. The first-order valence-electron chi connectivity index (χ1n) is 9.42. The maximum Gasteiger partial charge on any atom is 0.236 e. The van der Waals surface area contributed by atoms with Crippen LogP contribution in [0, 0.1) is 0 Å². The van der Waals surface area contributed by atoms with Crippen molar-refractivity contribution in [2.75, 3.05) is 11.1 Å². The molecule has 4 rings (SSSR count). The fourth-order valence-electron chi connectivity index (χ4n) is 2.88. The smallest absolute Gasteiger partial charge is 0.236 e. The van der Waals surface area contributed by atoms with E-state index in [1.54, 1.807) is 42.8 Å².